The van der Waals surface area contributed by atoms with Crippen molar-refractivity contribution in [3.63, 3.8) is 0 Å². The summed E-state index contributed by atoms with van der Waals surface area (Å²) in [4.78, 5) is 2.54. The Morgan fingerprint density at radius 1 is 1.42 bits per heavy atom. The molecular weight excluding hydrogens is 304 g/mol. The van der Waals surface area contributed by atoms with E-state index in [4.69, 9.17) is 5.73 Å². The van der Waals surface area contributed by atoms with Gasteiger partial charge in [-0.1, -0.05) is 6.92 Å². The van der Waals surface area contributed by atoms with E-state index >= 15 is 0 Å². The zero-order valence-electron chi connectivity index (χ0n) is 12.2. The molecule has 0 aliphatic carbocycles. The van der Waals surface area contributed by atoms with Crippen LogP contribution in [0.2, 0.25) is 0 Å². The largest absolute Gasteiger partial charge is 0.330 e. The van der Waals surface area contributed by atoms with Crippen LogP contribution in [-0.2, 0) is 20.0 Å². The van der Waals surface area contributed by atoms with Crippen LogP contribution in [-0.4, -0.2) is 33.8 Å². The molecule has 0 amide bonds. The van der Waals surface area contributed by atoms with Gasteiger partial charge in [-0.05, 0) is 54.6 Å². The number of piperidine rings is 1. The van der Waals surface area contributed by atoms with Crippen LogP contribution in [0.3, 0.4) is 0 Å². The maximum atomic E-state index is 5.84. The van der Waals surface area contributed by atoms with Crippen molar-refractivity contribution in [2.45, 2.75) is 45.7 Å². The Morgan fingerprint density at radius 3 is 2.74 bits per heavy atom. The van der Waals surface area contributed by atoms with Gasteiger partial charge in [-0.3, -0.25) is 9.58 Å². The molecular formula is C14H25BrN4. The van der Waals surface area contributed by atoms with Crippen LogP contribution < -0.4 is 5.73 Å². The number of halogens is 1. The Kier molecular flexibility index (Phi) is 5.03. The van der Waals surface area contributed by atoms with Crippen LogP contribution in [0.1, 0.15) is 38.1 Å². The lowest BCUT2D eigenvalue weighted by Gasteiger charge is -2.37. The number of likely N-dealkylation sites (tertiary alicyclic amines) is 1. The molecule has 5 heteroatoms. The van der Waals surface area contributed by atoms with Crippen molar-refractivity contribution in [3.05, 3.63) is 15.9 Å². The Morgan fingerprint density at radius 2 is 2.16 bits per heavy atom. The van der Waals surface area contributed by atoms with Crippen molar-refractivity contribution in [2.24, 2.45) is 18.7 Å². The zero-order chi connectivity index (χ0) is 14.0. The second-order valence-electron chi connectivity index (χ2n) is 5.64. The molecule has 0 bridgehead atoms. The summed E-state index contributed by atoms with van der Waals surface area (Å²) in [7, 11) is 2.04. The van der Waals surface area contributed by atoms with E-state index in [-0.39, 0.29) is 0 Å². The lowest BCUT2D eigenvalue weighted by molar-refractivity contribution is 0.110. The Hall–Kier alpha value is -0.390. The van der Waals surface area contributed by atoms with Crippen LogP contribution in [0.4, 0.5) is 0 Å². The number of nitrogens with two attached hydrogens (primary N) is 1. The highest BCUT2D eigenvalue weighted by Crippen LogP contribution is 2.27. The quantitative estimate of drug-likeness (QED) is 0.922. The molecule has 2 unspecified atom stereocenters. The Labute approximate surface area is 124 Å². The summed E-state index contributed by atoms with van der Waals surface area (Å²) in [6, 6.07) is 0.634. The molecule has 0 spiro atoms. The molecule has 1 fully saturated rings. The summed E-state index contributed by atoms with van der Waals surface area (Å²) in [5.41, 5.74) is 8.27. The molecule has 1 aliphatic heterocycles. The zero-order valence-corrected chi connectivity index (χ0v) is 13.8. The fraction of sp³-hybridized carbons (Fsp3) is 0.786. The first-order valence-electron chi connectivity index (χ1n) is 7.21. The molecule has 1 saturated heterocycles. The van der Waals surface area contributed by atoms with Gasteiger partial charge in [0.1, 0.15) is 0 Å². The summed E-state index contributed by atoms with van der Waals surface area (Å²) in [6.45, 7) is 7.33. The number of aryl methyl sites for hydroxylation is 2. The molecule has 19 heavy (non-hydrogen) atoms. The van der Waals surface area contributed by atoms with Crippen LogP contribution in [0, 0.1) is 5.92 Å². The highest BCUT2D eigenvalue weighted by molar-refractivity contribution is 9.10. The number of hydrogen-bond acceptors (Lipinski definition) is 3. The number of aromatic nitrogens is 2. The van der Waals surface area contributed by atoms with E-state index in [1.807, 2.05) is 11.7 Å². The standard InChI is InChI=1S/C14H25BrN4/c1-4-12-14(15)13(18(3)17-12)9-19-8-11(7-16)6-5-10(19)2/h10-11H,4-9,16H2,1-3H3. The topological polar surface area (TPSA) is 47.1 Å². The van der Waals surface area contributed by atoms with Gasteiger partial charge in [0.2, 0.25) is 0 Å². The predicted molar refractivity (Wildman–Crippen MR) is 81.9 cm³/mol. The van der Waals surface area contributed by atoms with Gasteiger partial charge in [0.15, 0.2) is 0 Å². The van der Waals surface area contributed by atoms with Gasteiger partial charge in [-0.15, -0.1) is 0 Å². The molecule has 2 heterocycles. The number of hydrogen-bond donors (Lipinski definition) is 1. The number of rotatable bonds is 4. The van der Waals surface area contributed by atoms with Gasteiger partial charge >= 0.3 is 0 Å². The molecule has 0 radical (unpaired) electrons. The molecule has 1 aromatic heterocycles. The van der Waals surface area contributed by atoms with Gasteiger partial charge < -0.3 is 5.73 Å². The monoisotopic (exact) mass is 328 g/mol. The second kappa shape index (κ2) is 6.37. The summed E-state index contributed by atoms with van der Waals surface area (Å²) in [5, 5.41) is 4.58. The molecule has 2 atom stereocenters. The molecule has 2 N–H and O–H groups in total. The van der Waals surface area contributed by atoms with Crippen LogP contribution >= 0.6 is 15.9 Å². The molecule has 0 saturated carbocycles. The van der Waals surface area contributed by atoms with E-state index in [9.17, 15) is 0 Å². The van der Waals surface area contributed by atoms with Crippen molar-refractivity contribution < 1.29 is 0 Å². The minimum atomic E-state index is 0.634. The first kappa shape index (κ1) is 15.0. The highest BCUT2D eigenvalue weighted by atomic mass is 79.9. The van der Waals surface area contributed by atoms with Gasteiger partial charge in [0.25, 0.3) is 0 Å². The normalized spacial score (nSPS) is 24.9. The fourth-order valence-corrected chi connectivity index (χ4v) is 3.60. The second-order valence-corrected chi connectivity index (χ2v) is 6.44. The molecule has 4 nitrogen and oxygen atoms in total. The van der Waals surface area contributed by atoms with Gasteiger partial charge in [-0.25, -0.2) is 0 Å². The predicted octanol–water partition coefficient (Wildman–Crippen LogP) is 2.30. The Bertz CT molecular complexity index is 429. The first-order valence-corrected chi connectivity index (χ1v) is 8.00. The van der Waals surface area contributed by atoms with E-state index < -0.39 is 0 Å². The molecule has 1 aliphatic rings. The molecule has 0 aromatic carbocycles. The first-order chi connectivity index (χ1) is 9.06. The summed E-state index contributed by atoms with van der Waals surface area (Å²) in [6.07, 6.45) is 3.48. The third kappa shape index (κ3) is 3.20. The minimum absolute atomic E-state index is 0.634. The van der Waals surface area contributed by atoms with Crippen LogP contribution in [0.25, 0.3) is 0 Å². The summed E-state index contributed by atoms with van der Waals surface area (Å²) < 4.78 is 3.20. The van der Waals surface area contributed by atoms with Crippen molar-refractivity contribution in [1.82, 2.24) is 14.7 Å². The third-order valence-corrected chi connectivity index (χ3v) is 5.21. The molecule has 108 valence electrons. The third-order valence-electron chi connectivity index (χ3n) is 4.30. The van der Waals surface area contributed by atoms with Gasteiger partial charge in [0.05, 0.1) is 15.9 Å². The smallest absolute Gasteiger partial charge is 0.0767 e. The SMILES string of the molecule is CCc1nn(C)c(CN2CC(CN)CCC2C)c1Br. The fourth-order valence-electron chi connectivity index (χ4n) is 2.86. The molecule has 2 rings (SSSR count). The minimum Gasteiger partial charge on any atom is -0.330 e. The highest BCUT2D eigenvalue weighted by Gasteiger charge is 2.26. The average molecular weight is 329 g/mol. The summed E-state index contributed by atoms with van der Waals surface area (Å²) in [5.74, 6) is 0.647. The maximum absolute atomic E-state index is 5.84. The van der Waals surface area contributed by atoms with E-state index in [0.717, 1.165) is 31.7 Å². The van der Waals surface area contributed by atoms with Crippen molar-refractivity contribution in [1.29, 1.82) is 0 Å². The van der Waals surface area contributed by atoms with Crippen LogP contribution in [0.15, 0.2) is 4.47 Å². The Balaban J connectivity index is 2.13. The van der Waals surface area contributed by atoms with Gasteiger partial charge in [0, 0.05) is 26.2 Å². The summed E-state index contributed by atoms with van der Waals surface area (Å²) >= 11 is 3.71. The van der Waals surface area contributed by atoms with Crippen LogP contribution in [0.5, 0.6) is 0 Å². The lowest BCUT2D eigenvalue weighted by atomic mass is 9.93. The van der Waals surface area contributed by atoms with E-state index in [1.54, 1.807) is 0 Å². The van der Waals surface area contributed by atoms with Gasteiger partial charge in [-0.2, -0.15) is 5.10 Å². The van der Waals surface area contributed by atoms with Crippen molar-refractivity contribution in [3.8, 4) is 0 Å². The van der Waals surface area contributed by atoms with Crippen molar-refractivity contribution in [2.75, 3.05) is 13.1 Å². The average Bonchev–Trinajstić information content (AvgIpc) is 2.68. The van der Waals surface area contributed by atoms with Crippen molar-refractivity contribution >= 4 is 15.9 Å². The van der Waals surface area contributed by atoms with E-state index in [0.29, 0.717) is 12.0 Å². The lowest BCUT2D eigenvalue weighted by Crippen LogP contribution is -2.43. The van der Waals surface area contributed by atoms with E-state index in [2.05, 4.69) is 39.8 Å². The van der Waals surface area contributed by atoms with E-state index in [1.165, 1.54) is 23.0 Å². The molecule has 1 aromatic rings. The number of nitrogens with zero attached hydrogens (tertiary/aromatic N) is 3. The maximum Gasteiger partial charge on any atom is 0.0767 e.